The summed E-state index contributed by atoms with van der Waals surface area (Å²) in [5, 5.41) is 8.14. The SMILES string of the molecule is CCCNC(C)c1cnn(C2CC(C)CC(C)C2)c1. The molecule has 1 aromatic rings. The maximum Gasteiger partial charge on any atom is 0.0537 e. The molecule has 1 aliphatic rings. The first kappa shape index (κ1) is 14.6. The summed E-state index contributed by atoms with van der Waals surface area (Å²) in [6.07, 6.45) is 9.40. The predicted molar refractivity (Wildman–Crippen MR) is 80.2 cm³/mol. The van der Waals surface area contributed by atoms with Crippen molar-refractivity contribution in [3.05, 3.63) is 18.0 Å². The lowest BCUT2D eigenvalue weighted by Crippen LogP contribution is -2.23. The maximum absolute atomic E-state index is 4.61. The third-order valence-electron chi connectivity index (χ3n) is 4.35. The molecule has 3 unspecified atom stereocenters. The van der Waals surface area contributed by atoms with Gasteiger partial charge in [-0.25, -0.2) is 0 Å². The Morgan fingerprint density at radius 2 is 2.00 bits per heavy atom. The van der Waals surface area contributed by atoms with Crippen LogP contribution in [0, 0.1) is 11.8 Å². The maximum atomic E-state index is 4.61. The van der Waals surface area contributed by atoms with Crippen molar-refractivity contribution >= 4 is 0 Å². The van der Waals surface area contributed by atoms with E-state index >= 15 is 0 Å². The van der Waals surface area contributed by atoms with Crippen LogP contribution in [0.5, 0.6) is 0 Å². The van der Waals surface area contributed by atoms with Crippen molar-refractivity contribution in [2.75, 3.05) is 6.54 Å². The molecule has 3 nitrogen and oxygen atoms in total. The van der Waals surface area contributed by atoms with Crippen molar-refractivity contribution in [3.8, 4) is 0 Å². The van der Waals surface area contributed by atoms with E-state index in [1.807, 2.05) is 6.20 Å². The van der Waals surface area contributed by atoms with Crippen LogP contribution in [0.15, 0.2) is 12.4 Å². The third kappa shape index (κ3) is 3.82. The van der Waals surface area contributed by atoms with Crippen molar-refractivity contribution in [2.45, 2.75) is 65.5 Å². The van der Waals surface area contributed by atoms with E-state index in [1.54, 1.807) is 0 Å². The van der Waals surface area contributed by atoms with Crippen LogP contribution in [0.4, 0.5) is 0 Å². The van der Waals surface area contributed by atoms with Gasteiger partial charge in [0.1, 0.15) is 0 Å². The molecule has 0 aromatic carbocycles. The summed E-state index contributed by atoms with van der Waals surface area (Å²) in [5.74, 6) is 1.66. The molecule has 3 heteroatoms. The Morgan fingerprint density at radius 1 is 1.32 bits per heavy atom. The highest BCUT2D eigenvalue weighted by Crippen LogP contribution is 2.35. The van der Waals surface area contributed by atoms with E-state index in [4.69, 9.17) is 0 Å². The number of nitrogens with zero attached hydrogens (tertiary/aromatic N) is 2. The third-order valence-corrected chi connectivity index (χ3v) is 4.35. The monoisotopic (exact) mass is 263 g/mol. The standard InChI is InChI=1S/C16H29N3/c1-5-6-17-14(4)15-10-18-19(11-15)16-8-12(2)7-13(3)9-16/h10-14,16-17H,5-9H2,1-4H3. The first-order valence-electron chi connectivity index (χ1n) is 7.87. The van der Waals surface area contributed by atoms with E-state index in [1.165, 1.54) is 31.2 Å². The largest absolute Gasteiger partial charge is 0.310 e. The molecule has 1 aromatic heterocycles. The van der Waals surface area contributed by atoms with E-state index < -0.39 is 0 Å². The Morgan fingerprint density at radius 3 is 2.63 bits per heavy atom. The Hall–Kier alpha value is -0.830. The van der Waals surface area contributed by atoms with Crippen LogP contribution < -0.4 is 5.32 Å². The van der Waals surface area contributed by atoms with Gasteiger partial charge in [0.25, 0.3) is 0 Å². The van der Waals surface area contributed by atoms with E-state index in [0.29, 0.717) is 12.1 Å². The van der Waals surface area contributed by atoms with Crippen LogP contribution in [0.2, 0.25) is 0 Å². The number of hydrogen-bond acceptors (Lipinski definition) is 2. The Labute approximate surface area is 117 Å². The first-order valence-corrected chi connectivity index (χ1v) is 7.87. The smallest absolute Gasteiger partial charge is 0.0537 e. The van der Waals surface area contributed by atoms with Crippen molar-refractivity contribution < 1.29 is 0 Å². The zero-order chi connectivity index (χ0) is 13.8. The number of hydrogen-bond donors (Lipinski definition) is 1. The molecule has 0 amide bonds. The van der Waals surface area contributed by atoms with Gasteiger partial charge < -0.3 is 5.32 Å². The molecule has 0 saturated heterocycles. The van der Waals surface area contributed by atoms with Gasteiger partial charge in [-0.3, -0.25) is 4.68 Å². The quantitative estimate of drug-likeness (QED) is 0.872. The molecule has 1 fully saturated rings. The zero-order valence-electron chi connectivity index (χ0n) is 12.9. The molecule has 0 bridgehead atoms. The van der Waals surface area contributed by atoms with Gasteiger partial charge >= 0.3 is 0 Å². The molecule has 1 N–H and O–H groups in total. The molecule has 108 valence electrons. The molecule has 1 aliphatic carbocycles. The van der Waals surface area contributed by atoms with Gasteiger partial charge in [-0.05, 0) is 51.0 Å². The van der Waals surface area contributed by atoms with Gasteiger partial charge in [0.2, 0.25) is 0 Å². The minimum atomic E-state index is 0.409. The van der Waals surface area contributed by atoms with Crippen LogP contribution >= 0.6 is 0 Å². The highest BCUT2D eigenvalue weighted by molar-refractivity contribution is 5.10. The minimum Gasteiger partial charge on any atom is -0.310 e. The molecule has 19 heavy (non-hydrogen) atoms. The van der Waals surface area contributed by atoms with Gasteiger partial charge in [-0.15, -0.1) is 0 Å². The molecular formula is C16H29N3. The molecule has 2 rings (SSSR count). The summed E-state index contributed by atoms with van der Waals surface area (Å²) in [7, 11) is 0. The van der Waals surface area contributed by atoms with E-state index in [2.05, 4.69) is 49.0 Å². The van der Waals surface area contributed by atoms with E-state index in [-0.39, 0.29) is 0 Å². The van der Waals surface area contributed by atoms with Crippen LogP contribution in [0.25, 0.3) is 0 Å². The van der Waals surface area contributed by atoms with Crippen molar-refractivity contribution in [2.24, 2.45) is 11.8 Å². The van der Waals surface area contributed by atoms with Gasteiger partial charge in [0, 0.05) is 17.8 Å². The van der Waals surface area contributed by atoms with Crippen molar-refractivity contribution in [1.82, 2.24) is 15.1 Å². The van der Waals surface area contributed by atoms with Crippen LogP contribution in [-0.4, -0.2) is 16.3 Å². The number of rotatable bonds is 5. The van der Waals surface area contributed by atoms with Gasteiger partial charge in [-0.2, -0.15) is 5.10 Å². The summed E-state index contributed by atoms with van der Waals surface area (Å²) in [6.45, 7) is 10.2. The summed E-state index contributed by atoms with van der Waals surface area (Å²) in [6, 6.07) is 1.01. The molecule has 0 aliphatic heterocycles. The second-order valence-corrected chi connectivity index (χ2v) is 6.50. The second-order valence-electron chi connectivity index (χ2n) is 6.50. The summed E-state index contributed by atoms with van der Waals surface area (Å²) >= 11 is 0. The lowest BCUT2D eigenvalue weighted by atomic mass is 9.80. The normalized spacial score (nSPS) is 29.4. The van der Waals surface area contributed by atoms with Crippen LogP contribution in [0.3, 0.4) is 0 Å². The Balaban J connectivity index is 1.99. The lowest BCUT2D eigenvalue weighted by Gasteiger charge is -2.31. The van der Waals surface area contributed by atoms with E-state index in [9.17, 15) is 0 Å². The van der Waals surface area contributed by atoms with Crippen LogP contribution in [-0.2, 0) is 0 Å². The topological polar surface area (TPSA) is 29.9 Å². The van der Waals surface area contributed by atoms with Crippen molar-refractivity contribution in [1.29, 1.82) is 0 Å². The molecule has 1 heterocycles. The molecule has 0 spiro atoms. The van der Waals surface area contributed by atoms with Crippen LogP contribution in [0.1, 0.15) is 71.0 Å². The highest BCUT2D eigenvalue weighted by Gasteiger charge is 2.25. The fourth-order valence-electron chi connectivity index (χ4n) is 3.38. The summed E-state index contributed by atoms with van der Waals surface area (Å²) in [4.78, 5) is 0. The van der Waals surface area contributed by atoms with Gasteiger partial charge in [0.05, 0.1) is 12.2 Å². The van der Waals surface area contributed by atoms with Gasteiger partial charge in [-0.1, -0.05) is 20.8 Å². The average molecular weight is 263 g/mol. The molecule has 3 atom stereocenters. The Kier molecular flexibility index (Phi) is 5.03. The van der Waals surface area contributed by atoms with Crippen molar-refractivity contribution in [3.63, 3.8) is 0 Å². The fourth-order valence-corrected chi connectivity index (χ4v) is 3.38. The molecule has 0 radical (unpaired) electrons. The van der Waals surface area contributed by atoms with E-state index in [0.717, 1.165) is 18.4 Å². The minimum absolute atomic E-state index is 0.409. The van der Waals surface area contributed by atoms with Gasteiger partial charge in [0.15, 0.2) is 0 Å². The number of aromatic nitrogens is 2. The summed E-state index contributed by atoms with van der Waals surface area (Å²) < 4.78 is 2.21. The molecular weight excluding hydrogens is 234 g/mol. The fraction of sp³-hybridized carbons (Fsp3) is 0.812. The predicted octanol–water partition coefficient (Wildman–Crippen LogP) is 3.94. The average Bonchev–Trinajstić information content (AvgIpc) is 2.84. The summed E-state index contributed by atoms with van der Waals surface area (Å²) in [5.41, 5.74) is 1.32. The second kappa shape index (κ2) is 6.56. The Bertz CT molecular complexity index is 375. The zero-order valence-corrected chi connectivity index (χ0v) is 12.9. The lowest BCUT2D eigenvalue weighted by molar-refractivity contribution is 0.210. The highest BCUT2D eigenvalue weighted by atomic mass is 15.3. The molecule has 1 saturated carbocycles. The number of nitrogens with one attached hydrogen (secondary N) is 1. The first-order chi connectivity index (χ1) is 9.10.